The van der Waals surface area contributed by atoms with E-state index in [9.17, 15) is 8.42 Å². The zero-order chi connectivity index (χ0) is 13.7. The fourth-order valence-corrected chi connectivity index (χ4v) is 2.53. The summed E-state index contributed by atoms with van der Waals surface area (Å²) in [5.74, 6) is 0. The van der Waals surface area contributed by atoms with Crippen LogP contribution in [0.1, 0.15) is 5.56 Å². The summed E-state index contributed by atoms with van der Waals surface area (Å²) >= 11 is 0. The van der Waals surface area contributed by atoms with Crippen LogP contribution in [0.2, 0.25) is 0 Å². The first-order valence-corrected chi connectivity index (χ1v) is 7.37. The van der Waals surface area contributed by atoms with Crippen LogP contribution < -0.4 is 4.31 Å². The maximum absolute atomic E-state index is 12.1. The van der Waals surface area contributed by atoms with Crippen LogP contribution in [0.15, 0.2) is 66.1 Å². The third kappa shape index (κ3) is 3.45. The second-order valence-corrected chi connectivity index (χ2v) is 5.91. The molecule has 0 bridgehead atoms. The predicted octanol–water partition coefficient (Wildman–Crippen LogP) is 3.12. The van der Waals surface area contributed by atoms with Crippen LogP contribution in [-0.2, 0) is 10.0 Å². The first kappa shape index (κ1) is 13.4. The summed E-state index contributed by atoms with van der Waals surface area (Å²) in [4.78, 5) is 0. The smallest absolute Gasteiger partial charge is 0.257 e. The molecule has 2 rings (SSSR count). The van der Waals surface area contributed by atoms with Gasteiger partial charge in [0.2, 0.25) is 0 Å². The maximum Gasteiger partial charge on any atom is 0.257 e. The van der Waals surface area contributed by atoms with Crippen molar-refractivity contribution in [2.45, 2.75) is 0 Å². The molecule has 98 valence electrons. The highest BCUT2D eigenvalue weighted by atomic mass is 32.2. The molecule has 0 fully saturated rings. The van der Waals surface area contributed by atoms with Gasteiger partial charge < -0.3 is 0 Å². The number of benzene rings is 2. The minimum atomic E-state index is -3.46. The minimum absolute atomic E-state index is 0.639. The number of sulfonamides is 1. The van der Waals surface area contributed by atoms with Crippen molar-refractivity contribution in [3.63, 3.8) is 0 Å². The fourth-order valence-electron chi connectivity index (χ4n) is 1.60. The van der Waals surface area contributed by atoms with Gasteiger partial charge >= 0.3 is 0 Å². The molecule has 0 unspecified atom stereocenters. The minimum Gasteiger partial charge on any atom is -0.270 e. The van der Waals surface area contributed by atoms with E-state index in [0.717, 1.165) is 5.56 Å². The summed E-state index contributed by atoms with van der Waals surface area (Å²) in [6.07, 6.45) is 1.59. The van der Waals surface area contributed by atoms with Gasteiger partial charge in [0.25, 0.3) is 10.0 Å². The molecule has 4 heteroatoms. The fraction of sp³-hybridized carbons (Fsp3) is 0.0667. The summed E-state index contributed by atoms with van der Waals surface area (Å²) in [5, 5.41) is 1.22. The van der Waals surface area contributed by atoms with Gasteiger partial charge in [-0.3, -0.25) is 4.31 Å². The highest BCUT2D eigenvalue weighted by molar-refractivity contribution is 7.95. The molecular formula is C15H15NO2S. The molecule has 0 aliphatic heterocycles. The summed E-state index contributed by atoms with van der Waals surface area (Å²) < 4.78 is 25.5. The lowest BCUT2D eigenvalue weighted by atomic mass is 10.2. The monoisotopic (exact) mass is 273 g/mol. The topological polar surface area (TPSA) is 37.4 Å². The molecular weight excluding hydrogens is 258 g/mol. The molecule has 19 heavy (non-hydrogen) atoms. The van der Waals surface area contributed by atoms with Gasteiger partial charge in [0.1, 0.15) is 0 Å². The Balaban J connectivity index is 2.22. The van der Waals surface area contributed by atoms with Gasteiger partial charge in [0.15, 0.2) is 0 Å². The van der Waals surface area contributed by atoms with Crippen LogP contribution in [0.5, 0.6) is 0 Å². The van der Waals surface area contributed by atoms with Crippen molar-refractivity contribution in [2.24, 2.45) is 0 Å². The highest BCUT2D eigenvalue weighted by Gasteiger charge is 2.13. The molecule has 0 aliphatic carbocycles. The van der Waals surface area contributed by atoms with Crippen molar-refractivity contribution in [1.29, 1.82) is 0 Å². The van der Waals surface area contributed by atoms with Gasteiger partial charge in [0.05, 0.1) is 11.1 Å². The van der Waals surface area contributed by atoms with Crippen LogP contribution in [0.4, 0.5) is 5.69 Å². The SMILES string of the molecule is CN(c1ccccc1)S(=O)(=O)C=Cc1ccccc1. The Labute approximate surface area is 113 Å². The Morgan fingerprint density at radius 2 is 1.42 bits per heavy atom. The van der Waals surface area contributed by atoms with Crippen molar-refractivity contribution in [3.8, 4) is 0 Å². The lowest BCUT2D eigenvalue weighted by Gasteiger charge is -2.16. The molecule has 0 spiro atoms. The Morgan fingerprint density at radius 1 is 0.895 bits per heavy atom. The molecule has 0 saturated heterocycles. The van der Waals surface area contributed by atoms with E-state index in [1.54, 1.807) is 25.3 Å². The van der Waals surface area contributed by atoms with Crippen LogP contribution in [0.25, 0.3) is 6.08 Å². The van der Waals surface area contributed by atoms with Crippen LogP contribution >= 0.6 is 0 Å². The molecule has 0 amide bonds. The normalized spacial score (nSPS) is 11.6. The standard InChI is InChI=1S/C15H15NO2S/c1-16(15-10-6-3-7-11-15)19(17,18)13-12-14-8-4-2-5-9-14/h2-13H,1H3. The zero-order valence-electron chi connectivity index (χ0n) is 10.6. The molecule has 0 saturated carbocycles. The largest absolute Gasteiger partial charge is 0.270 e. The number of hydrogen-bond donors (Lipinski definition) is 0. The molecule has 0 aromatic heterocycles. The summed E-state index contributed by atoms with van der Waals surface area (Å²) in [6.45, 7) is 0. The van der Waals surface area contributed by atoms with Crippen molar-refractivity contribution < 1.29 is 8.42 Å². The summed E-state index contributed by atoms with van der Waals surface area (Å²) in [5.41, 5.74) is 1.49. The maximum atomic E-state index is 12.1. The Hall–Kier alpha value is -2.07. The van der Waals surface area contributed by atoms with Gasteiger partial charge in [0, 0.05) is 7.05 Å². The summed E-state index contributed by atoms with van der Waals surface area (Å²) in [6, 6.07) is 18.3. The van der Waals surface area contributed by atoms with Gasteiger partial charge in [-0.2, -0.15) is 0 Å². The van der Waals surface area contributed by atoms with Crippen LogP contribution in [0.3, 0.4) is 0 Å². The van der Waals surface area contributed by atoms with E-state index in [1.165, 1.54) is 9.71 Å². The van der Waals surface area contributed by atoms with Crippen LogP contribution in [-0.4, -0.2) is 15.5 Å². The van der Waals surface area contributed by atoms with Gasteiger partial charge in [-0.05, 0) is 23.8 Å². The van der Waals surface area contributed by atoms with E-state index < -0.39 is 10.0 Å². The van der Waals surface area contributed by atoms with Gasteiger partial charge in [-0.15, -0.1) is 0 Å². The number of anilines is 1. The first-order chi connectivity index (χ1) is 9.09. The van der Waals surface area contributed by atoms with E-state index in [2.05, 4.69) is 0 Å². The average Bonchev–Trinajstić information content (AvgIpc) is 2.46. The Bertz CT molecular complexity index is 649. The second-order valence-electron chi connectivity index (χ2n) is 4.06. The third-order valence-electron chi connectivity index (χ3n) is 2.73. The molecule has 0 atom stereocenters. The third-order valence-corrected chi connectivity index (χ3v) is 4.19. The average molecular weight is 273 g/mol. The molecule has 3 nitrogen and oxygen atoms in total. The lowest BCUT2D eigenvalue weighted by Crippen LogP contribution is -2.23. The molecule has 0 N–H and O–H groups in total. The van der Waals surface area contributed by atoms with E-state index in [1.807, 2.05) is 48.5 Å². The lowest BCUT2D eigenvalue weighted by molar-refractivity contribution is 0.603. The van der Waals surface area contributed by atoms with Crippen molar-refractivity contribution in [3.05, 3.63) is 71.6 Å². The van der Waals surface area contributed by atoms with Crippen molar-refractivity contribution in [2.75, 3.05) is 11.4 Å². The van der Waals surface area contributed by atoms with E-state index in [4.69, 9.17) is 0 Å². The van der Waals surface area contributed by atoms with Crippen LogP contribution in [0, 0.1) is 0 Å². The van der Waals surface area contributed by atoms with E-state index in [0.29, 0.717) is 5.69 Å². The highest BCUT2D eigenvalue weighted by Crippen LogP contribution is 2.16. The van der Waals surface area contributed by atoms with Gasteiger partial charge in [-0.25, -0.2) is 8.42 Å². The number of rotatable bonds is 4. The summed E-state index contributed by atoms with van der Waals surface area (Å²) in [7, 11) is -1.92. The number of nitrogens with zero attached hydrogens (tertiary/aromatic N) is 1. The zero-order valence-corrected chi connectivity index (χ0v) is 11.4. The molecule has 2 aromatic rings. The van der Waals surface area contributed by atoms with Crippen molar-refractivity contribution >= 4 is 21.8 Å². The Kier molecular flexibility index (Phi) is 4.02. The van der Waals surface area contributed by atoms with E-state index >= 15 is 0 Å². The Morgan fingerprint density at radius 3 is 2.00 bits per heavy atom. The molecule has 0 aliphatic rings. The first-order valence-electron chi connectivity index (χ1n) is 5.87. The predicted molar refractivity (Wildman–Crippen MR) is 79.2 cm³/mol. The quantitative estimate of drug-likeness (QED) is 0.858. The molecule has 2 aromatic carbocycles. The van der Waals surface area contributed by atoms with Gasteiger partial charge in [-0.1, -0.05) is 48.5 Å². The second kappa shape index (κ2) is 5.71. The number of para-hydroxylation sites is 1. The molecule has 0 heterocycles. The van der Waals surface area contributed by atoms with E-state index in [-0.39, 0.29) is 0 Å². The number of hydrogen-bond acceptors (Lipinski definition) is 2. The van der Waals surface area contributed by atoms with Crippen molar-refractivity contribution in [1.82, 2.24) is 0 Å². The molecule has 0 radical (unpaired) electrons.